The van der Waals surface area contributed by atoms with E-state index in [0.717, 1.165) is 5.56 Å². The molecule has 0 atom stereocenters. The van der Waals surface area contributed by atoms with Crippen molar-refractivity contribution < 1.29 is 10.2 Å². The zero-order chi connectivity index (χ0) is 7.72. The van der Waals surface area contributed by atoms with E-state index >= 15 is 0 Å². The fourth-order valence-corrected chi connectivity index (χ4v) is 1.28. The van der Waals surface area contributed by atoms with Crippen LogP contribution in [-0.4, -0.2) is 10.2 Å². The molecular weight excluding hydrogens is 196 g/mol. The van der Waals surface area contributed by atoms with Crippen LogP contribution >= 0.6 is 15.9 Å². The molecule has 1 aromatic carbocycles. The second-order valence-electron chi connectivity index (χ2n) is 2.11. The van der Waals surface area contributed by atoms with Crippen LogP contribution in [0.2, 0.25) is 0 Å². The molecule has 0 aromatic heterocycles. The van der Waals surface area contributed by atoms with Gasteiger partial charge in [0.1, 0.15) is 0 Å². The number of aryl methyl sites for hydroxylation is 1. The minimum absolute atomic E-state index is 0.0909. The maximum absolute atomic E-state index is 9.03. The number of phenolic OH excluding ortho intramolecular Hbond substituents is 2. The average molecular weight is 203 g/mol. The highest BCUT2D eigenvalue weighted by atomic mass is 79.9. The Morgan fingerprint density at radius 3 is 2.40 bits per heavy atom. The number of hydrogen-bond acceptors (Lipinski definition) is 2. The molecule has 0 radical (unpaired) electrons. The number of rotatable bonds is 0. The topological polar surface area (TPSA) is 40.5 Å². The molecule has 0 aliphatic carbocycles. The van der Waals surface area contributed by atoms with E-state index in [1.165, 1.54) is 6.07 Å². The van der Waals surface area contributed by atoms with E-state index in [0.29, 0.717) is 4.47 Å². The number of phenols is 2. The summed E-state index contributed by atoms with van der Waals surface area (Å²) in [5.41, 5.74) is 0.905. The van der Waals surface area contributed by atoms with Crippen LogP contribution in [0.25, 0.3) is 0 Å². The van der Waals surface area contributed by atoms with Crippen LogP contribution in [-0.2, 0) is 0 Å². The van der Waals surface area contributed by atoms with E-state index in [9.17, 15) is 0 Å². The first-order chi connectivity index (χ1) is 4.61. The molecule has 1 aromatic rings. The third-order valence-corrected chi connectivity index (χ3v) is 1.79. The molecule has 54 valence electrons. The van der Waals surface area contributed by atoms with Gasteiger partial charge in [-0.2, -0.15) is 0 Å². The van der Waals surface area contributed by atoms with Crippen LogP contribution in [0.1, 0.15) is 5.56 Å². The lowest BCUT2D eigenvalue weighted by atomic mass is 10.2. The molecule has 0 saturated carbocycles. The van der Waals surface area contributed by atoms with Gasteiger partial charge in [0, 0.05) is 0 Å². The first kappa shape index (κ1) is 7.41. The molecule has 0 spiro atoms. The van der Waals surface area contributed by atoms with E-state index in [1.807, 2.05) is 6.92 Å². The number of benzene rings is 1. The van der Waals surface area contributed by atoms with Crippen LogP contribution < -0.4 is 0 Å². The Labute approximate surface area is 67.3 Å². The predicted octanol–water partition coefficient (Wildman–Crippen LogP) is 2.17. The second kappa shape index (κ2) is 2.50. The van der Waals surface area contributed by atoms with Crippen molar-refractivity contribution >= 4 is 15.9 Å². The summed E-state index contributed by atoms with van der Waals surface area (Å²) in [7, 11) is 0. The Bertz CT molecular complexity index is 235. The van der Waals surface area contributed by atoms with E-state index in [4.69, 9.17) is 10.2 Å². The normalized spacial score (nSPS) is 9.80. The van der Waals surface area contributed by atoms with E-state index < -0.39 is 0 Å². The third-order valence-electron chi connectivity index (χ3n) is 1.19. The molecule has 0 fully saturated rings. The molecular formula is C7H7BrO2. The zero-order valence-electron chi connectivity index (χ0n) is 5.43. The lowest BCUT2D eigenvalue weighted by Crippen LogP contribution is -1.74. The molecule has 0 unspecified atom stereocenters. The Hall–Kier alpha value is -0.700. The molecule has 2 N–H and O–H groups in total. The molecule has 0 aliphatic rings. The fraction of sp³-hybridized carbons (Fsp3) is 0.143. The second-order valence-corrected chi connectivity index (χ2v) is 2.97. The van der Waals surface area contributed by atoms with Gasteiger partial charge in [0.15, 0.2) is 11.5 Å². The summed E-state index contributed by atoms with van der Waals surface area (Å²) in [6.07, 6.45) is 0. The molecule has 10 heavy (non-hydrogen) atoms. The minimum Gasteiger partial charge on any atom is -0.504 e. The Kier molecular flexibility index (Phi) is 1.85. The molecule has 2 nitrogen and oxygen atoms in total. The number of aromatic hydroxyl groups is 2. The van der Waals surface area contributed by atoms with Gasteiger partial charge in [-0.15, -0.1) is 0 Å². The fourth-order valence-electron chi connectivity index (χ4n) is 0.716. The Morgan fingerprint density at radius 2 is 1.90 bits per heavy atom. The van der Waals surface area contributed by atoms with Crippen molar-refractivity contribution in [2.45, 2.75) is 6.92 Å². The minimum atomic E-state index is -0.106. The van der Waals surface area contributed by atoms with Gasteiger partial charge in [-0.3, -0.25) is 0 Å². The van der Waals surface area contributed by atoms with Crippen molar-refractivity contribution in [1.29, 1.82) is 0 Å². The van der Waals surface area contributed by atoms with Gasteiger partial charge >= 0.3 is 0 Å². The third kappa shape index (κ3) is 1.24. The summed E-state index contributed by atoms with van der Waals surface area (Å²) in [5, 5.41) is 18.0. The summed E-state index contributed by atoms with van der Waals surface area (Å²) in [6.45, 7) is 1.84. The first-order valence-electron chi connectivity index (χ1n) is 2.79. The van der Waals surface area contributed by atoms with Gasteiger partial charge in [-0.05, 0) is 40.5 Å². The lowest BCUT2D eigenvalue weighted by Gasteiger charge is -2.00. The Morgan fingerprint density at radius 1 is 1.30 bits per heavy atom. The van der Waals surface area contributed by atoms with Crippen molar-refractivity contribution in [1.82, 2.24) is 0 Å². The monoisotopic (exact) mass is 202 g/mol. The van der Waals surface area contributed by atoms with E-state index in [2.05, 4.69) is 15.9 Å². The summed E-state index contributed by atoms with van der Waals surface area (Å²) in [4.78, 5) is 0. The van der Waals surface area contributed by atoms with Crippen molar-refractivity contribution in [3.8, 4) is 11.5 Å². The van der Waals surface area contributed by atoms with Crippen LogP contribution in [0.5, 0.6) is 11.5 Å². The quantitative estimate of drug-likeness (QED) is 0.634. The van der Waals surface area contributed by atoms with Crippen LogP contribution in [0, 0.1) is 6.92 Å². The zero-order valence-corrected chi connectivity index (χ0v) is 7.01. The van der Waals surface area contributed by atoms with Crippen LogP contribution in [0.3, 0.4) is 0 Å². The average Bonchev–Trinajstić information content (AvgIpc) is 1.82. The molecule has 0 amide bonds. The van der Waals surface area contributed by atoms with Gasteiger partial charge in [-0.25, -0.2) is 0 Å². The maximum Gasteiger partial charge on any atom is 0.171 e. The molecule has 0 heterocycles. The van der Waals surface area contributed by atoms with Gasteiger partial charge < -0.3 is 10.2 Å². The van der Waals surface area contributed by atoms with Crippen molar-refractivity contribution in [2.24, 2.45) is 0 Å². The molecule has 0 saturated heterocycles. The molecule has 3 heteroatoms. The SMILES string of the molecule is Cc1cc(O)c(O)c(Br)c1. The highest BCUT2D eigenvalue weighted by Crippen LogP contribution is 2.33. The number of halogens is 1. The van der Waals surface area contributed by atoms with Crippen molar-refractivity contribution in [3.05, 3.63) is 22.2 Å². The molecule has 0 aliphatic heterocycles. The summed E-state index contributed by atoms with van der Waals surface area (Å²) in [6, 6.07) is 3.23. The van der Waals surface area contributed by atoms with Gasteiger partial charge in [-0.1, -0.05) is 0 Å². The summed E-state index contributed by atoms with van der Waals surface area (Å²) < 4.78 is 0.519. The summed E-state index contributed by atoms with van der Waals surface area (Å²) >= 11 is 3.09. The van der Waals surface area contributed by atoms with E-state index in [1.54, 1.807) is 6.07 Å². The van der Waals surface area contributed by atoms with Crippen LogP contribution in [0.4, 0.5) is 0 Å². The van der Waals surface area contributed by atoms with Crippen molar-refractivity contribution in [2.75, 3.05) is 0 Å². The predicted molar refractivity (Wildman–Crippen MR) is 42.2 cm³/mol. The standard InChI is InChI=1S/C7H7BrO2/c1-4-2-5(8)7(10)6(9)3-4/h2-3,9-10H,1H3. The van der Waals surface area contributed by atoms with E-state index in [-0.39, 0.29) is 11.5 Å². The van der Waals surface area contributed by atoms with Gasteiger partial charge in [0.2, 0.25) is 0 Å². The highest BCUT2D eigenvalue weighted by molar-refractivity contribution is 9.10. The highest BCUT2D eigenvalue weighted by Gasteiger charge is 2.03. The van der Waals surface area contributed by atoms with Gasteiger partial charge in [0.05, 0.1) is 4.47 Å². The molecule has 1 rings (SSSR count). The van der Waals surface area contributed by atoms with Gasteiger partial charge in [0.25, 0.3) is 0 Å². The largest absolute Gasteiger partial charge is 0.504 e. The molecule has 0 bridgehead atoms. The maximum atomic E-state index is 9.03. The van der Waals surface area contributed by atoms with Crippen LogP contribution in [0.15, 0.2) is 16.6 Å². The lowest BCUT2D eigenvalue weighted by molar-refractivity contribution is 0.401. The number of hydrogen-bond donors (Lipinski definition) is 2. The summed E-state index contributed by atoms with van der Waals surface area (Å²) in [5.74, 6) is -0.197. The smallest absolute Gasteiger partial charge is 0.171 e. The van der Waals surface area contributed by atoms with Crippen molar-refractivity contribution in [3.63, 3.8) is 0 Å². The first-order valence-corrected chi connectivity index (χ1v) is 3.58. The Balaban J connectivity index is 3.31.